The number of hydrogen-bond acceptors (Lipinski definition) is 2. The number of likely N-dealkylation sites (N-methyl/N-ethyl adjacent to an activating group) is 1. The third kappa shape index (κ3) is 3.22. The van der Waals surface area contributed by atoms with Crippen molar-refractivity contribution >= 4 is 5.69 Å². The van der Waals surface area contributed by atoms with E-state index in [0.29, 0.717) is 0 Å². The van der Waals surface area contributed by atoms with Crippen molar-refractivity contribution in [1.29, 1.82) is 0 Å². The van der Waals surface area contributed by atoms with Crippen LogP contribution < -0.4 is 4.90 Å². The highest BCUT2D eigenvalue weighted by Gasteiger charge is 2.17. The average Bonchev–Trinajstić information content (AvgIpc) is 2.38. The summed E-state index contributed by atoms with van der Waals surface area (Å²) in [6.45, 7) is 6.02. The number of piperazine rings is 1. The number of nitrogens with zero attached hydrogens (tertiary/aromatic N) is 2. The van der Waals surface area contributed by atoms with Crippen LogP contribution in [0, 0.1) is 5.82 Å². The van der Waals surface area contributed by atoms with Gasteiger partial charge in [0.1, 0.15) is 5.82 Å². The average molecular weight is 250 g/mol. The molecule has 2 rings (SSSR count). The first-order valence-corrected chi connectivity index (χ1v) is 6.92. The van der Waals surface area contributed by atoms with Gasteiger partial charge in [-0.2, -0.15) is 0 Å². The van der Waals surface area contributed by atoms with Crippen molar-refractivity contribution in [3.8, 4) is 0 Å². The maximum absolute atomic E-state index is 14.1. The molecule has 1 aromatic rings. The Morgan fingerprint density at radius 1 is 1.17 bits per heavy atom. The quantitative estimate of drug-likeness (QED) is 0.810. The van der Waals surface area contributed by atoms with Crippen molar-refractivity contribution in [1.82, 2.24) is 4.90 Å². The maximum Gasteiger partial charge on any atom is 0.146 e. The van der Waals surface area contributed by atoms with E-state index in [-0.39, 0.29) is 5.82 Å². The fraction of sp³-hybridized carbons (Fsp3) is 0.600. The van der Waals surface area contributed by atoms with Gasteiger partial charge in [0.15, 0.2) is 0 Å². The van der Waals surface area contributed by atoms with E-state index in [9.17, 15) is 4.39 Å². The van der Waals surface area contributed by atoms with Crippen molar-refractivity contribution < 1.29 is 4.39 Å². The van der Waals surface area contributed by atoms with Gasteiger partial charge < -0.3 is 9.80 Å². The third-order valence-electron chi connectivity index (χ3n) is 3.68. The molecule has 1 saturated heterocycles. The SMILES string of the molecule is CCCCc1ccc(N2CCN(C)CC2)c(F)c1. The van der Waals surface area contributed by atoms with E-state index in [0.717, 1.165) is 56.7 Å². The molecule has 1 aliphatic rings. The molecule has 0 aliphatic carbocycles. The van der Waals surface area contributed by atoms with Crippen LogP contribution in [-0.4, -0.2) is 38.1 Å². The third-order valence-corrected chi connectivity index (χ3v) is 3.68. The summed E-state index contributed by atoms with van der Waals surface area (Å²) >= 11 is 0. The fourth-order valence-electron chi connectivity index (χ4n) is 2.39. The van der Waals surface area contributed by atoms with Crippen LogP contribution in [0.3, 0.4) is 0 Å². The summed E-state index contributed by atoms with van der Waals surface area (Å²) in [6.07, 6.45) is 3.27. The number of unbranched alkanes of at least 4 members (excludes halogenated alkanes) is 1. The minimum atomic E-state index is -0.0619. The lowest BCUT2D eigenvalue weighted by Crippen LogP contribution is -2.44. The largest absolute Gasteiger partial charge is 0.367 e. The van der Waals surface area contributed by atoms with E-state index in [1.54, 1.807) is 6.07 Å². The van der Waals surface area contributed by atoms with Gasteiger partial charge in [-0.1, -0.05) is 19.4 Å². The first-order chi connectivity index (χ1) is 8.70. The second kappa shape index (κ2) is 6.19. The van der Waals surface area contributed by atoms with Crippen molar-refractivity contribution in [2.24, 2.45) is 0 Å². The summed E-state index contributed by atoms with van der Waals surface area (Å²) in [6, 6.07) is 5.74. The number of rotatable bonds is 4. The molecule has 0 unspecified atom stereocenters. The number of benzene rings is 1. The van der Waals surface area contributed by atoms with Gasteiger partial charge in [-0.05, 0) is 37.6 Å². The molecule has 0 radical (unpaired) electrons. The molecule has 1 aliphatic heterocycles. The molecule has 1 fully saturated rings. The van der Waals surface area contributed by atoms with Crippen LogP contribution in [0.25, 0.3) is 0 Å². The smallest absolute Gasteiger partial charge is 0.146 e. The molecule has 1 aromatic carbocycles. The molecule has 0 saturated carbocycles. The van der Waals surface area contributed by atoms with E-state index in [2.05, 4.69) is 29.8 Å². The Labute approximate surface area is 109 Å². The predicted octanol–water partition coefficient (Wildman–Crippen LogP) is 2.92. The molecular weight excluding hydrogens is 227 g/mol. The molecule has 2 nitrogen and oxygen atoms in total. The maximum atomic E-state index is 14.1. The Balaban J connectivity index is 2.05. The number of hydrogen-bond donors (Lipinski definition) is 0. The molecule has 0 atom stereocenters. The molecule has 1 heterocycles. The number of anilines is 1. The van der Waals surface area contributed by atoms with Gasteiger partial charge in [-0.15, -0.1) is 0 Å². The summed E-state index contributed by atoms with van der Waals surface area (Å²) < 4.78 is 14.1. The Hall–Kier alpha value is -1.09. The molecular formula is C15H23FN2. The zero-order valence-corrected chi connectivity index (χ0v) is 11.5. The Bertz CT molecular complexity index is 384. The van der Waals surface area contributed by atoms with Crippen molar-refractivity contribution in [3.05, 3.63) is 29.6 Å². The Morgan fingerprint density at radius 2 is 1.89 bits per heavy atom. The van der Waals surface area contributed by atoms with Gasteiger partial charge in [-0.25, -0.2) is 4.39 Å². The molecule has 18 heavy (non-hydrogen) atoms. The number of aryl methyl sites for hydroxylation is 1. The lowest BCUT2D eigenvalue weighted by molar-refractivity contribution is 0.311. The molecule has 0 bridgehead atoms. The molecule has 0 N–H and O–H groups in total. The molecule has 0 amide bonds. The summed E-state index contributed by atoms with van der Waals surface area (Å²) in [5.74, 6) is -0.0619. The van der Waals surface area contributed by atoms with Crippen LogP contribution in [0.2, 0.25) is 0 Å². The van der Waals surface area contributed by atoms with E-state index in [1.165, 1.54) is 0 Å². The normalized spacial score (nSPS) is 17.2. The molecule has 0 aromatic heterocycles. The summed E-state index contributed by atoms with van der Waals surface area (Å²) in [4.78, 5) is 4.43. The molecule has 3 heteroatoms. The lowest BCUT2D eigenvalue weighted by atomic mass is 10.1. The van der Waals surface area contributed by atoms with Crippen LogP contribution in [0.5, 0.6) is 0 Å². The fourth-order valence-corrected chi connectivity index (χ4v) is 2.39. The first-order valence-electron chi connectivity index (χ1n) is 6.92. The highest BCUT2D eigenvalue weighted by molar-refractivity contribution is 5.49. The van der Waals surface area contributed by atoms with Crippen LogP contribution in [0.1, 0.15) is 25.3 Å². The molecule has 100 valence electrons. The minimum Gasteiger partial charge on any atom is -0.367 e. The number of halogens is 1. The van der Waals surface area contributed by atoms with Crippen LogP contribution in [-0.2, 0) is 6.42 Å². The zero-order valence-electron chi connectivity index (χ0n) is 11.5. The van der Waals surface area contributed by atoms with Gasteiger partial charge >= 0.3 is 0 Å². The van der Waals surface area contributed by atoms with E-state index in [1.807, 2.05) is 6.07 Å². The van der Waals surface area contributed by atoms with Crippen molar-refractivity contribution in [3.63, 3.8) is 0 Å². The first kappa shape index (κ1) is 13.3. The van der Waals surface area contributed by atoms with Gasteiger partial charge in [-0.3, -0.25) is 0 Å². The van der Waals surface area contributed by atoms with Crippen molar-refractivity contribution in [2.75, 3.05) is 38.1 Å². The second-order valence-corrected chi connectivity index (χ2v) is 5.18. The lowest BCUT2D eigenvalue weighted by Gasteiger charge is -2.34. The highest BCUT2D eigenvalue weighted by Crippen LogP contribution is 2.22. The van der Waals surface area contributed by atoms with Gasteiger partial charge in [0.05, 0.1) is 5.69 Å². The Morgan fingerprint density at radius 3 is 2.50 bits per heavy atom. The zero-order chi connectivity index (χ0) is 13.0. The summed E-state index contributed by atoms with van der Waals surface area (Å²) in [5, 5.41) is 0. The van der Waals surface area contributed by atoms with Gasteiger partial charge in [0.2, 0.25) is 0 Å². The summed E-state index contributed by atoms with van der Waals surface area (Å²) in [7, 11) is 2.11. The van der Waals surface area contributed by atoms with E-state index >= 15 is 0 Å². The van der Waals surface area contributed by atoms with Gasteiger partial charge in [0.25, 0.3) is 0 Å². The monoisotopic (exact) mass is 250 g/mol. The van der Waals surface area contributed by atoms with Gasteiger partial charge in [0, 0.05) is 26.2 Å². The molecule has 0 spiro atoms. The standard InChI is InChI=1S/C15H23FN2/c1-3-4-5-13-6-7-15(14(16)12-13)18-10-8-17(2)9-11-18/h6-7,12H,3-5,8-11H2,1-2H3. The minimum absolute atomic E-state index is 0.0619. The summed E-state index contributed by atoms with van der Waals surface area (Å²) in [5.41, 5.74) is 1.88. The van der Waals surface area contributed by atoms with Crippen molar-refractivity contribution in [2.45, 2.75) is 26.2 Å². The van der Waals surface area contributed by atoms with Crippen LogP contribution in [0.4, 0.5) is 10.1 Å². The van der Waals surface area contributed by atoms with Crippen LogP contribution >= 0.6 is 0 Å². The van der Waals surface area contributed by atoms with E-state index < -0.39 is 0 Å². The topological polar surface area (TPSA) is 6.48 Å². The van der Waals surface area contributed by atoms with E-state index in [4.69, 9.17) is 0 Å². The van der Waals surface area contributed by atoms with Crippen LogP contribution in [0.15, 0.2) is 18.2 Å². The second-order valence-electron chi connectivity index (χ2n) is 5.18. The predicted molar refractivity (Wildman–Crippen MR) is 74.7 cm³/mol. The Kier molecular flexibility index (Phi) is 4.59. The highest BCUT2D eigenvalue weighted by atomic mass is 19.1.